The largest absolute Gasteiger partial charge is 0.481 e. The molecule has 0 bridgehead atoms. The normalized spacial score (nSPS) is 26.6. The summed E-state index contributed by atoms with van der Waals surface area (Å²) >= 11 is 6.81. The summed E-state index contributed by atoms with van der Waals surface area (Å²) in [5, 5.41) is 9.82. The lowest BCUT2D eigenvalue weighted by atomic mass is 9.61. The first-order valence-electron chi connectivity index (χ1n) is 11.9. The summed E-state index contributed by atoms with van der Waals surface area (Å²) < 4.78 is 5.51. The highest BCUT2D eigenvalue weighted by Crippen LogP contribution is 2.52. The van der Waals surface area contributed by atoms with Gasteiger partial charge in [0.2, 0.25) is 5.91 Å². The van der Waals surface area contributed by atoms with E-state index in [0.717, 1.165) is 29.0 Å². The number of benzene rings is 1. The number of nitrogens with zero attached hydrogens (tertiary/aromatic N) is 1. The Morgan fingerprint density at radius 1 is 1.33 bits per heavy atom. The summed E-state index contributed by atoms with van der Waals surface area (Å²) in [7, 11) is 1.67. The summed E-state index contributed by atoms with van der Waals surface area (Å²) in [6, 6.07) is 6.30. The van der Waals surface area contributed by atoms with Crippen molar-refractivity contribution in [2.24, 2.45) is 11.3 Å². The number of hydrogen-bond donors (Lipinski definition) is 1. The van der Waals surface area contributed by atoms with Crippen molar-refractivity contribution in [3.8, 4) is 0 Å². The first-order chi connectivity index (χ1) is 15.3. The van der Waals surface area contributed by atoms with Crippen LogP contribution in [0.15, 0.2) is 30.0 Å². The Bertz CT molecular complexity index is 929. The second-order valence-electron chi connectivity index (χ2n) is 11.1. The molecule has 5 nitrogen and oxygen atoms in total. The van der Waals surface area contributed by atoms with Gasteiger partial charge < -0.3 is 14.7 Å². The molecule has 182 valence electrons. The van der Waals surface area contributed by atoms with E-state index in [1.54, 1.807) is 12.0 Å². The maximum atomic E-state index is 13.0. The van der Waals surface area contributed by atoms with Gasteiger partial charge in [0.1, 0.15) is 0 Å². The maximum Gasteiger partial charge on any atom is 0.305 e. The molecule has 1 aromatic carbocycles. The minimum absolute atomic E-state index is 0.0239. The van der Waals surface area contributed by atoms with Crippen molar-refractivity contribution in [3.63, 3.8) is 0 Å². The quantitative estimate of drug-likeness (QED) is 0.489. The van der Waals surface area contributed by atoms with Crippen molar-refractivity contribution in [2.75, 3.05) is 13.7 Å². The van der Waals surface area contributed by atoms with E-state index in [0.29, 0.717) is 23.7 Å². The van der Waals surface area contributed by atoms with E-state index >= 15 is 0 Å². The van der Waals surface area contributed by atoms with Gasteiger partial charge in [0, 0.05) is 36.7 Å². The van der Waals surface area contributed by atoms with E-state index in [2.05, 4.69) is 39.8 Å². The molecule has 2 atom stereocenters. The molecule has 0 saturated heterocycles. The molecule has 1 N–H and O–H groups in total. The molecule has 1 aromatic rings. The Kier molecular flexibility index (Phi) is 7.65. The number of rotatable bonds is 8. The molecule has 0 spiro atoms. The first-order valence-corrected chi connectivity index (χ1v) is 12.3. The van der Waals surface area contributed by atoms with E-state index in [9.17, 15) is 9.59 Å². The van der Waals surface area contributed by atoms with Crippen LogP contribution in [0.25, 0.3) is 0 Å². The predicted molar refractivity (Wildman–Crippen MR) is 131 cm³/mol. The van der Waals surface area contributed by atoms with Gasteiger partial charge in [-0.1, -0.05) is 51.4 Å². The van der Waals surface area contributed by atoms with Crippen molar-refractivity contribution >= 4 is 23.5 Å². The third kappa shape index (κ3) is 5.63. The number of carbonyl (C=O) groups is 2. The second-order valence-corrected chi connectivity index (χ2v) is 11.5. The minimum Gasteiger partial charge on any atom is -0.481 e. The van der Waals surface area contributed by atoms with Crippen LogP contribution in [-0.4, -0.2) is 41.6 Å². The molecule has 0 radical (unpaired) electrons. The fourth-order valence-electron chi connectivity index (χ4n) is 5.06. The third-order valence-corrected chi connectivity index (χ3v) is 8.09. The Hall–Kier alpha value is -1.85. The van der Waals surface area contributed by atoms with E-state index in [-0.39, 0.29) is 31.4 Å². The zero-order chi connectivity index (χ0) is 24.6. The average Bonchev–Trinajstić information content (AvgIpc) is 2.67. The number of hydrogen-bond acceptors (Lipinski definition) is 3. The van der Waals surface area contributed by atoms with Gasteiger partial charge in [-0.25, -0.2) is 0 Å². The highest BCUT2D eigenvalue weighted by atomic mass is 35.5. The highest BCUT2D eigenvalue weighted by Gasteiger charge is 2.41. The Labute approximate surface area is 203 Å². The van der Waals surface area contributed by atoms with Gasteiger partial charge in [0.05, 0.1) is 12.5 Å². The molecule has 2 aliphatic rings. The molecular formula is C27H38ClNO4. The molecule has 1 unspecified atom stereocenters. The minimum atomic E-state index is -0.914. The molecule has 1 heterocycles. The van der Waals surface area contributed by atoms with Gasteiger partial charge in [0.25, 0.3) is 0 Å². The smallest absolute Gasteiger partial charge is 0.305 e. The summed E-state index contributed by atoms with van der Waals surface area (Å²) in [5.74, 6) is 0.225. The molecule has 3 rings (SSSR count). The van der Waals surface area contributed by atoms with Crippen LogP contribution in [0, 0.1) is 11.3 Å². The van der Waals surface area contributed by atoms with Crippen LogP contribution in [0.4, 0.5) is 0 Å². The van der Waals surface area contributed by atoms with Crippen molar-refractivity contribution in [1.82, 2.24) is 4.90 Å². The van der Waals surface area contributed by atoms with E-state index in [4.69, 9.17) is 21.4 Å². The van der Waals surface area contributed by atoms with Gasteiger partial charge in [-0.2, -0.15) is 0 Å². The fraction of sp³-hybridized carbons (Fsp3) is 0.630. The maximum absolute atomic E-state index is 13.0. The van der Waals surface area contributed by atoms with Gasteiger partial charge in [-0.05, 0) is 66.2 Å². The van der Waals surface area contributed by atoms with Gasteiger partial charge >= 0.3 is 5.97 Å². The van der Waals surface area contributed by atoms with E-state index in [1.165, 1.54) is 5.56 Å². The summed E-state index contributed by atoms with van der Waals surface area (Å²) in [6.45, 7) is 11.2. The van der Waals surface area contributed by atoms with E-state index in [1.807, 2.05) is 19.2 Å². The van der Waals surface area contributed by atoms with Crippen LogP contribution in [0.1, 0.15) is 83.8 Å². The average molecular weight is 476 g/mol. The second kappa shape index (κ2) is 9.79. The van der Waals surface area contributed by atoms with Crippen molar-refractivity contribution in [1.29, 1.82) is 0 Å². The van der Waals surface area contributed by atoms with Crippen molar-refractivity contribution in [2.45, 2.75) is 84.2 Å². The topological polar surface area (TPSA) is 66.8 Å². The van der Waals surface area contributed by atoms with Crippen LogP contribution < -0.4 is 0 Å². The standard InChI is InChI=1S/C27H38ClNO4/c1-17(33-6)11-21-16-29(10-9-25(31)32)24(30)15-27(21,5)19-7-8-22(23(28)14-19)18-12-20(13-18)26(2,3)4/h7-8,14,16-18,20H,9-13,15H2,1-6H3,(H,31,32)/t17?,18?,20?,27-/m0/s1. The lowest BCUT2D eigenvalue weighted by Gasteiger charge is -2.44. The SMILES string of the molecule is COC(C)CC1=CN(CCC(=O)O)C(=O)C[C@@]1(C)c1ccc(C2CC(C(C)(C)C)C2)c(Cl)c1. The molecule has 1 amide bonds. The summed E-state index contributed by atoms with van der Waals surface area (Å²) in [5.41, 5.74) is 3.08. The number of carboxylic acid groups (broad SMARTS) is 1. The lowest BCUT2D eigenvalue weighted by Crippen LogP contribution is -2.42. The van der Waals surface area contributed by atoms with Gasteiger partial charge in [0.15, 0.2) is 0 Å². The number of amides is 1. The molecule has 1 aliphatic heterocycles. The van der Waals surface area contributed by atoms with Crippen LogP contribution >= 0.6 is 11.6 Å². The summed E-state index contributed by atoms with van der Waals surface area (Å²) in [6.07, 6.45) is 4.99. The zero-order valence-electron chi connectivity index (χ0n) is 20.8. The molecular weight excluding hydrogens is 438 g/mol. The monoisotopic (exact) mass is 475 g/mol. The van der Waals surface area contributed by atoms with Crippen LogP contribution in [0.3, 0.4) is 0 Å². The molecule has 6 heteroatoms. The third-order valence-electron chi connectivity index (χ3n) is 7.76. The predicted octanol–water partition coefficient (Wildman–Crippen LogP) is 6.15. The molecule has 33 heavy (non-hydrogen) atoms. The molecule has 1 saturated carbocycles. The molecule has 1 aliphatic carbocycles. The van der Waals surface area contributed by atoms with Crippen LogP contribution in [-0.2, 0) is 19.7 Å². The van der Waals surface area contributed by atoms with E-state index < -0.39 is 11.4 Å². The van der Waals surface area contributed by atoms with Crippen molar-refractivity contribution in [3.05, 3.63) is 46.1 Å². The van der Waals surface area contributed by atoms with Gasteiger partial charge in [-0.15, -0.1) is 0 Å². The number of carboxylic acids is 1. The summed E-state index contributed by atoms with van der Waals surface area (Å²) in [4.78, 5) is 25.6. The number of carbonyl (C=O) groups excluding carboxylic acids is 1. The Balaban J connectivity index is 1.89. The van der Waals surface area contributed by atoms with Gasteiger partial charge in [-0.3, -0.25) is 9.59 Å². The van der Waals surface area contributed by atoms with Crippen LogP contribution in [0.2, 0.25) is 5.02 Å². The highest BCUT2D eigenvalue weighted by molar-refractivity contribution is 6.31. The molecule has 0 aromatic heterocycles. The Morgan fingerprint density at radius 2 is 2.00 bits per heavy atom. The number of methoxy groups -OCH3 is 1. The van der Waals surface area contributed by atoms with Crippen LogP contribution in [0.5, 0.6) is 0 Å². The number of halogens is 1. The molecule has 1 fully saturated rings. The lowest BCUT2D eigenvalue weighted by molar-refractivity contribution is -0.138. The first kappa shape index (κ1) is 25.8. The fourth-order valence-corrected chi connectivity index (χ4v) is 5.40. The Morgan fingerprint density at radius 3 is 2.55 bits per heavy atom. The zero-order valence-corrected chi connectivity index (χ0v) is 21.5. The number of ether oxygens (including phenoxy) is 1. The number of aliphatic carboxylic acids is 1. The van der Waals surface area contributed by atoms with Crippen molar-refractivity contribution < 1.29 is 19.4 Å².